The fraction of sp³-hybridized carbons (Fsp3) is 0.286. The number of amides is 3. The molecule has 1 N–H and O–H groups in total. The molecule has 0 spiro atoms. The van der Waals surface area contributed by atoms with Crippen molar-refractivity contribution in [2.45, 2.75) is 25.9 Å². The number of anilines is 1. The van der Waals surface area contributed by atoms with E-state index in [9.17, 15) is 14.4 Å². The average molecular weight is 365 g/mol. The molecule has 6 nitrogen and oxygen atoms in total. The minimum atomic E-state index is -0.533. The van der Waals surface area contributed by atoms with Gasteiger partial charge in [0.15, 0.2) is 0 Å². The second kappa shape index (κ2) is 7.61. The molecular weight excluding hydrogens is 342 g/mol. The van der Waals surface area contributed by atoms with Crippen LogP contribution in [0.2, 0.25) is 0 Å². The maximum Gasteiger partial charge on any atom is 0.253 e. The van der Waals surface area contributed by atoms with E-state index in [2.05, 4.69) is 5.32 Å². The smallest absolute Gasteiger partial charge is 0.253 e. The normalized spacial score (nSPS) is 15.2. The highest BCUT2D eigenvalue weighted by Crippen LogP contribution is 2.32. The van der Waals surface area contributed by atoms with Crippen LogP contribution in [0.4, 0.5) is 5.69 Å². The molecule has 2 aromatic rings. The van der Waals surface area contributed by atoms with Gasteiger partial charge in [0.2, 0.25) is 11.8 Å². The van der Waals surface area contributed by atoms with Crippen LogP contribution in [0.25, 0.3) is 0 Å². The Morgan fingerprint density at radius 2 is 1.74 bits per heavy atom. The molecule has 0 aliphatic carbocycles. The van der Waals surface area contributed by atoms with Crippen LogP contribution in [0.5, 0.6) is 0 Å². The summed E-state index contributed by atoms with van der Waals surface area (Å²) in [6, 6.07) is 14.2. The quantitative estimate of drug-likeness (QED) is 0.901. The van der Waals surface area contributed by atoms with E-state index in [0.717, 1.165) is 16.8 Å². The van der Waals surface area contributed by atoms with Crippen LogP contribution in [0.3, 0.4) is 0 Å². The van der Waals surface area contributed by atoms with Crippen LogP contribution >= 0.6 is 0 Å². The summed E-state index contributed by atoms with van der Waals surface area (Å²) < 4.78 is 0. The number of benzene rings is 2. The van der Waals surface area contributed by atoms with Crippen molar-refractivity contribution in [1.82, 2.24) is 10.2 Å². The summed E-state index contributed by atoms with van der Waals surface area (Å²) in [6.45, 7) is 1.82. The van der Waals surface area contributed by atoms with Crippen molar-refractivity contribution in [3.8, 4) is 0 Å². The van der Waals surface area contributed by atoms with Crippen molar-refractivity contribution >= 4 is 23.4 Å². The van der Waals surface area contributed by atoms with E-state index in [1.165, 1.54) is 11.8 Å². The minimum absolute atomic E-state index is 0.0635. The van der Waals surface area contributed by atoms with E-state index in [0.29, 0.717) is 18.5 Å². The van der Waals surface area contributed by atoms with Gasteiger partial charge in [-0.3, -0.25) is 19.3 Å². The van der Waals surface area contributed by atoms with Gasteiger partial charge in [-0.15, -0.1) is 0 Å². The number of carbonyl (C=O) groups excluding carboxylic acids is 3. The number of rotatable bonds is 4. The Hall–Kier alpha value is -3.15. The lowest BCUT2D eigenvalue weighted by molar-refractivity contribution is -0.125. The third-order valence-electron chi connectivity index (χ3n) is 4.69. The summed E-state index contributed by atoms with van der Waals surface area (Å²) in [5, 5.41) is 2.90. The Morgan fingerprint density at radius 3 is 2.37 bits per heavy atom. The van der Waals surface area contributed by atoms with E-state index >= 15 is 0 Å². The van der Waals surface area contributed by atoms with Gasteiger partial charge < -0.3 is 10.2 Å². The van der Waals surface area contributed by atoms with Gasteiger partial charge in [-0.05, 0) is 29.3 Å². The largest absolute Gasteiger partial charge is 0.350 e. The topological polar surface area (TPSA) is 69.7 Å². The van der Waals surface area contributed by atoms with Crippen molar-refractivity contribution < 1.29 is 14.4 Å². The number of carbonyl (C=O) groups is 3. The molecule has 1 aliphatic heterocycles. The van der Waals surface area contributed by atoms with Gasteiger partial charge in [0.25, 0.3) is 5.91 Å². The van der Waals surface area contributed by atoms with E-state index in [1.54, 1.807) is 31.1 Å². The zero-order valence-electron chi connectivity index (χ0n) is 15.7. The van der Waals surface area contributed by atoms with Crippen LogP contribution in [0, 0.1) is 0 Å². The lowest BCUT2D eigenvalue weighted by Crippen LogP contribution is -2.47. The SMILES string of the molecule is CC(=O)N1c2ccccc2C[C@H]1C(=O)NCc1ccc(C(=O)N(C)C)cc1. The molecule has 1 atom stereocenters. The van der Waals surface area contributed by atoms with Gasteiger partial charge in [0, 0.05) is 45.2 Å². The fourth-order valence-electron chi connectivity index (χ4n) is 3.32. The van der Waals surface area contributed by atoms with Crippen molar-refractivity contribution in [3.05, 3.63) is 65.2 Å². The summed E-state index contributed by atoms with van der Waals surface area (Å²) in [6.07, 6.45) is 0.512. The number of hydrogen-bond donors (Lipinski definition) is 1. The molecule has 0 aromatic heterocycles. The Balaban J connectivity index is 1.66. The molecule has 27 heavy (non-hydrogen) atoms. The molecular formula is C21H23N3O3. The highest BCUT2D eigenvalue weighted by atomic mass is 16.2. The molecule has 0 fully saturated rings. The fourth-order valence-corrected chi connectivity index (χ4v) is 3.32. The molecule has 140 valence electrons. The molecule has 1 heterocycles. The summed E-state index contributed by atoms with van der Waals surface area (Å²) in [7, 11) is 3.41. The van der Waals surface area contributed by atoms with Crippen LogP contribution in [-0.2, 0) is 22.6 Å². The Bertz CT molecular complexity index is 874. The predicted octanol–water partition coefficient (Wildman–Crippen LogP) is 1.98. The molecule has 0 bridgehead atoms. The van der Waals surface area contributed by atoms with E-state index in [-0.39, 0.29) is 17.7 Å². The highest BCUT2D eigenvalue weighted by Gasteiger charge is 2.36. The van der Waals surface area contributed by atoms with E-state index < -0.39 is 6.04 Å². The maximum absolute atomic E-state index is 12.7. The van der Waals surface area contributed by atoms with Crippen molar-refractivity contribution in [2.24, 2.45) is 0 Å². The van der Waals surface area contributed by atoms with Crippen molar-refractivity contribution in [2.75, 3.05) is 19.0 Å². The van der Waals surface area contributed by atoms with Gasteiger partial charge >= 0.3 is 0 Å². The Morgan fingerprint density at radius 1 is 1.07 bits per heavy atom. The average Bonchev–Trinajstić information content (AvgIpc) is 3.05. The second-order valence-electron chi connectivity index (χ2n) is 6.85. The molecule has 0 unspecified atom stereocenters. The number of fused-ring (bicyclic) bond motifs is 1. The summed E-state index contributed by atoms with van der Waals surface area (Å²) >= 11 is 0. The summed E-state index contributed by atoms with van der Waals surface area (Å²) in [4.78, 5) is 39.8. The van der Waals surface area contributed by atoms with Gasteiger partial charge in [0.1, 0.15) is 6.04 Å². The number of nitrogens with one attached hydrogen (secondary N) is 1. The van der Waals surface area contributed by atoms with Gasteiger partial charge in [-0.1, -0.05) is 30.3 Å². The van der Waals surface area contributed by atoms with Crippen LogP contribution < -0.4 is 10.2 Å². The first-order valence-corrected chi connectivity index (χ1v) is 8.84. The Labute approximate surface area is 158 Å². The molecule has 1 aliphatic rings. The van der Waals surface area contributed by atoms with Crippen molar-refractivity contribution in [3.63, 3.8) is 0 Å². The number of hydrogen-bond acceptors (Lipinski definition) is 3. The first kappa shape index (κ1) is 18.6. The zero-order chi connectivity index (χ0) is 19.6. The van der Waals surface area contributed by atoms with Gasteiger partial charge in [-0.2, -0.15) is 0 Å². The first-order valence-electron chi connectivity index (χ1n) is 8.84. The number of para-hydroxylation sites is 1. The third-order valence-corrected chi connectivity index (χ3v) is 4.69. The summed E-state index contributed by atoms with van der Waals surface area (Å²) in [5.74, 6) is -0.395. The van der Waals surface area contributed by atoms with Crippen LogP contribution in [-0.4, -0.2) is 42.8 Å². The number of nitrogens with zero attached hydrogens (tertiary/aromatic N) is 2. The molecule has 0 radical (unpaired) electrons. The molecule has 3 amide bonds. The molecule has 3 rings (SSSR count). The van der Waals surface area contributed by atoms with Crippen LogP contribution in [0.1, 0.15) is 28.4 Å². The standard InChI is InChI=1S/C21H23N3O3/c1-14(25)24-18-7-5-4-6-17(18)12-19(24)20(26)22-13-15-8-10-16(11-9-15)21(27)23(2)3/h4-11,19H,12-13H2,1-3H3,(H,22,26)/t19-/m0/s1. The molecule has 0 saturated heterocycles. The highest BCUT2D eigenvalue weighted by molar-refractivity contribution is 6.02. The summed E-state index contributed by atoms with van der Waals surface area (Å²) in [5.41, 5.74) is 3.30. The van der Waals surface area contributed by atoms with Crippen molar-refractivity contribution in [1.29, 1.82) is 0 Å². The van der Waals surface area contributed by atoms with E-state index in [4.69, 9.17) is 0 Å². The maximum atomic E-state index is 12.7. The van der Waals surface area contributed by atoms with Gasteiger partial charge in [-0.25, -0.2) is 0 Å². The zero-order valence-corrected chi connectivity index (χ0v) is 15.7. The first-order chi connectivity index (χ1) is 12.9. The third kappa shape index (κ3) is 3.84. The molecule has 6 heteroatoms. The molecule has 0 saturated carbocycles. The van der Waals surface area contributed by atoms with Crippen LogP contribution in [0.15, 0.2) is 48.5 Å². The monoisotopic (exact) mass is 365 g/mol. The molecule has 2 aromatic carbocycles. The lowest BCUT2D eigenvalue weighted by Gasteiger charge is -2.23. The second-order valence-corrected chi connectivity index (χ2v) is 6.85. The Kier molecular flexibility index (Phi) is 5.26. The predicted molar refractivity (Wildman–Crippen MR) is 103 cm³/mol. The van der Waals surface area contributed by atoms with E-state index in [1.807, 2.05) is 36.4 Å². The lowest BCUT2D eigenvalue weighted by atomic mass is 10.1. The van der Waals surface area contributed by atoms with Gasteiger partial charge in [0.05, 0.1) is 0 Å². The minimum Gasteiger partial charge on any atom is -0.350 e.